The molecule has 0 amide bonds. The summed E-state index contributed by atoms with van der Waals surface area (Å²) >= 11 is 5.79. The van der Waals surface area contributed by atoms with Gasteiger partial charge in [0.15, 0.2) is 11.6 Å². The molecule has 0 aliphatic rings. The Hall–Kier alpha value is -2.72. The van der Waals surface area contributed by atoms with Crippen LogP contribution in [0.2, 0.25) is 5.02 Å². The summed E-state index contributed by atoms with van der Waals surface area (Å²) in [5, 5.41) is 0.488. The summed E-state index contributed by atoms with van der Waals surface area (Å²) in [4.78, 5) is 37.0. The lowest BCUT2D eigenvalue weighted by atomic mass is 10.0. The predicted octanol–water partition coefficient (Wildman–Crippen LogP) is 3.90. The number of carbonyl (C=O) groups is 3. The molecular weight excluding hydrogens is 328 g/mol. The minimum Gasteiger partial charge on any atom is -0.462 e. The largest absolute Gasteiger partial charge is 0.462 e. The number of hydrogen-bond acceptors (Lipinski definition) is 4. The maximum absolute atomic E-state index is 12.5. The van der Waals surface area contributed by atoms with Crippen LogP contribution in [0, 0.1) is 0 Å². The van der Waals surface area contributed by atoms with Crippen molar-refractivity contribution >= 4 is 29.1 Å². The van der Waals surface area contributed by atoms with Gasteiger partial charge in [0.05, 0.1) is 6.61 Å². The third-order valence-electron chi connectivity index (χ3n) is 3.18. The van der Waals surface area contributed by atoms with Gasteiger partial charge in [-0.1, -0.05) is 41.9 Å². The quantitative estimate of drug-likeness (QED) is 0.263. The summed E-state index contributed by atoms with van der Waals surface area (Å²) < 4.78 is 4.90. The number of rotatable bonds is 6. The monoisotopic (exact) mass is 342 g/mol. The van der Waals surface area contributed by atoms with Crippen molar-refractivity contribution in [3.05, 3.63) is 82.4 Å². The van der Waals surface area contributed by atoms with Crippen molar-refractivity contribution < 1.29 is 19.1 Å². The second-order valence-electron chi connectivity index (χ2n) is 4.84. The average molecular weight is 343 g/mol. The van der Waals surface area contributed by atoms with Gasteiger partial charge in [-0.05, 0) is 31.2 Å². The maximum atomic E-state index is 12.5. The lowest BCUT2D eigenvalue weighted by molar-refractivity contribution is -0.138. The molecule has 0 aromatic heterocycles. The molecule has 0 N–H and O–H groups in total. The summed E-state index contributed by atoms with van der Waals surface area (Å²) in [6.07, 6.45) is 1.01. The molecule has 0 fully saturated rings. The summed E-state index contributed by atoms with van der Waals surface area (Å²) in [7, 11) is 0. The molecule has 0 aliphatic heterocycles. The molecule has 0 bridgehead atoms. The normalized spacial score (nSPS) is 11.0. The van der Waals surface area contributed by atoms with E-state index in [1.165, 1.54) is 12.1 Å². The lowest BCUT2D eigenvalue weighted by Gasteiger charge is -2.06. The molecule has 0 saturated heterocycles. The van der Waals surface area contributed by atoms with Gasteiger partial charge in [-0.15, -0.1) is 0 Å². The van der Waals surface area contributed by atoms with Crippen molar-refractivity contribution in [3.8, 4) is 0 Å². The highest BCUT2D eigenvalue weighted by molar-refractivity contribution is 6.31. The Morgan fingerprint density at radius 1 is 0.958 bits per heavy atom. The van der Waals surface area contributed by atoms with Gasteiger partial charge in [-0.3, -0.25) is 9.59 Å². The smallest absolute Gasteiger partial charge is 0.342 e. The van der Waals surface area contributed by atoms with E-state index in [-0.39, 0.29) is 12.2 Å². The molecule has 0 radical (unpaired) electrons. The first kappa shape index (κ1) is 17.6. The highest BCUT2D eigenvalue weighted by Crippen LogP contribution is 2.14. The topological polar surface area (TPSA) is 60.4 Å². The molecule has 122 valence electrons. The zero-order valence-corrected chi connectivity index (χ0v) is 13.7. The van der Waals surface area contributed by atoms with Gasteiger partial charge < -0.3 is 4.74 Å². The molecule has 0 saturated carbocycles. The Labute approximate surface area is 144 Å². The molecule has 0 atom stereocenters. The Kier molecular flexibility index (Phi) is 6.04. The van der Waals surface area contributed by atoms with Crippen LogP contribution >= 0.6 is 11.6 Å². The fourth-order valence-electron chi connectivity index (χ4n) is 2.00. The van der Waals surface area contributed by atoms with Crippen molar-refractivity contribution in [1.82, 2.24) is 0 Å². The van der Waals surface area contributed by atoms with Gasteiger partial charge in [-0.2, -0.15) is 0 Å². The molecular formula is C19H15ClO4. The fourth-order valence-corrected chi connectivity index (χ4v) is 2.13. The average Bonchev–Trinajstić information content (AvgIpc) is 2.60. The number of benzene rings is 2. The highest BCUT2D eigenvalue weighted by atomic mass is 35.5. The Morgan fingerprint density at radius 3 is 2.17 bits per heavy atom. The SMILES string of the molecule is CCOC(=O)/C(=C/C(=O)c1ccc(Cl)cc1)C(=O)c1ccccc1. The van der Waals surface area contributed by atoms with Gasteiger partial charge in [0.1, 0.15) is 5.57 Å². The minimum absolute atomic E-state index is 0.105. The third kappa shape index (κ3) is 4.40. The maximum Gasteiger partial charge on any atom is 0.342 e. The van der Waals surface area contributed by atoms with Gasteiger partial charge in [-0.25, -0.2) is 4.79 Å². The standard InChI is InChI=1S/C19H15ClO4/c1-2-24-19(23)16(18(22)14-6-4-3-5-7-14)12-17(21)13-8-10-15(20)11-9-13/h3-12H,2H2,1H3/b16-12+. The van der Waals surface area contributed by atoms with Gasteiger partial charge >= 0.3 is 5.97 Å². The van der Waals surface area contributed by atoms with E-state index in [1.807, 2.05) is 0 Å². The highest BCUT2D eigenvalue weighted by Gasteiger charge is 2.22. The van der Waals surface area contributed by atoms with Crippen LogP contribution in [0.25, 0.3) is 0 Å². The van der Waals surface area contributed by atoms with E-state index in [0.717, 1.165) is 6.08 Å². The lowest BCUT2D eigenvalue weighted by Crippen LogP contribution is -2.18. The number of hydrogen-bond donors (Lipinski definition) is 0. The molecule has 4 nitrogen and oxygen atoms in total. The first-order chi connectivity index (χ1) is 11.5. The minimum atomic E-state index is -0.825. The summed E-state index contributed by atoms with van der Waals surface area (Å²) in [5.74, 6) is -1.86. The second kappa shape index (κ2) is 8.22. The summed E-state index contributed by atoms with van der Waals surface area (Å²) in [6.45, 7) is 1.73. The molecule has 5 heteroatoms. The number of ether oxygens (including phenoxy) is 1. The first-order valence-corrected chi connectivity index (χ1v) is 7.69. The van der Waals surface area contributed by atoms with E-state index in [9.17, 15) is 14.4 Å². The van der Waals surface area contributed by atoms with Crippen LogP contribution in [-0.4, -0.2) is 24.1 Å². The van der Waals surface area contributed by atoms with E-state index in [1.54, 1.807) is 49.4 Å². The van der Waals surface area contributed by atoms with E-state index >= 15 is 0 Å². The van der Waals surface area contributed by atoms with Crippen LogP contribution in [0.5, 0.6) is 0 Å². The number of ketones is 2. The first-order valence-electron chi connectivity index (χ1n) is 7.31. The molecule has 2 aromatic carbocycles. The van der Waals surface area contributed by atoms with E-state index in [2.05, 4.69) is 0 Å². The number of allylic oxidation sites excluding steroid dienone is 1. The molecule has 2 aromatic rings. The van der Waals surface area contributed by atoms with Crippen LogP contribution < -0.4 is 0 Å². The van der Waals surface area contributed by atoms with Crippen LogP contribution in [0.1, 0.15) is 27.6 Å². The molecule has 0 unspecified atom stereocenters. The predicted molar refractivity (Wildman–Crippen MR) is 91.3 cm³/mol. The van der Waals surface area contributed by atoms with Crippen LogP contribution in [0.3, 0.4) is 0 Å². The van der Waals surface area contributed by atoms with Gasteiger partial charge in [0, 0.05) is 22.2 Å². The molecule has 0 aliphatic carbocycles. The molecule has 24 heavy (non-hydrogen) atoms. The van der Waals surface area contributed by atoms with Gasteiger partial charge in [0.2, 0.25) is 0 Å². The molecule has 0 spiro atoms. The van der Waals surface area contributed by atoms with Crippen LogP contribution in [0.15, 0.2) is 66.2 Å². The van der Waals surface area contributed by atoms with Crippen LogP contribution in [-0.2, 0) is 9.53 Å². The molecule has 2 rings (SSSR count). The number of Topliss-reactive ketones (excluding diaryl/α,β-unsaturated/α-hetero) is 1. The van der Waals surface area contributed by atoms with E-state index in [4.69, 9.17) is 16.3 Å². The van der Waals surface area contributed by atoms with Gasteiger partial charge in [0.25, 0.3) is 0 Å². The van der Waals surface area contributed by atoms with Crippen molar-refractivity contribution in [3.63, 3.8) is 0 Å². The Bertz CT molecular complexity index is 777. The Morgan fingerprint density at radius 2 is 1.58 bits per heavy atom. The number of carbonyl (C=O) groups excluding carboxylic acids is 3. The zero-order chi connectivity index (χ0) is 17.5. The second-order valence-corrected chi connectivity index (χ2v) is 5.28. The third-order valence-corrected chi connectivity index (χ3v) is 3.43. The fraction of sp³-hybridized carbons (Fsp3) is 0.105. The summed E-state index contributed by atoms with van der Waals surface area (Å²) in [5.41, 5.74) is 0.325. The zero-order valence-electron chi connectivity index (χ0n) is 13.0. The molecule has 0 heterocycles. The Balaban J connectivity index is 2.38. The van der Waals surface area contributed by atoms with Crippen molar-refractivity contribution in [2.75, 3.05) is 6.61 Å². The van der Waals surface area contributed by atoms with E-state index < -0.39 is 17.5 Å². The van der Waals surface area contributed by atoms with Crippen molar-refractivity contribution in [2.24, 2.45) is 0 Å². The van der Waals surface area contributed by atoms with E-state index in [0.29, 0.717) is 16.1 Å². The summed E-state index contributed by atoms with van der Waals surface area (Å²) in [6, 6.07) is 14.4. The van der Waals surface area contributed by atoms with Crippen LogP contribution in [0.4, 0.5) is 0 Å². The number of esters is 1. The number of halogens is 1. The van der Waals surface area contributed by atoms with Crippen molar-refractivity contribution in [1.29, 1.82) is 0 Å². The van der Waals surface area contributed by atoms with Crippen molar-refractivity contribution in [2.45, 2.75) is 6.92 Å².